The van der Waals surface area contributed by atoms with Crippen LogP contribution in [0.4, 0.5) is 5.82 Å². The molecule has 2 aromatic heterocycles. The molecule has 2 aromatic rings. The quantitative estimate of drug-likeness (QED) is 0.521. The molecule has 0 unspecified atom stereocenters. The van der Waals surface area contributed by atoms with Gasteiger partial charge in [0.25, 0.3) is 0 Å². The summed E-state index contributed by atoms with van der Waals surface area (Å²) in [6.45, 7) is 0. The molecule has 0 radical (unpaired) electrons. The lowest BCUT2D eigenvalue weighted by molar-refractivity contribution is 0.903. The topological polar surface area (TPSA) is 81.7 Å². The van der Waals surface area contributed by atoms with Crippen LogP contribution >= 0.6 is 0 Å². The number of aromatic nitrogens is 4. The Kier molecular flexibility index (Phi) is 2.11. The van der Waals surface area contributed by atoms with Crippen molar-refractivity contribution in [3.8, 4) is 11.5 Å². The molecule has 0 aliphatic heterocycles. The minimum Gasteiger partial charge on any atom is -0.333 e. The molecule has 0 atom stereocenters. The maximum absolute atomic E-state index is 5.18. The van der Waals surface area contributed by atoms with Crippen LogP contribution in [-0.2, 0) is 7.05 Å². The number of rotatable bonds is 2. The van der Waals surface area contributed by atoms with Crippen LogP contribution in [0.3, 0.4) is 0 Å². The van der Waals surface area contributed by atoms with Crippen molar-refractivity contribution in [2.24, 2.45) is 12.9 Å². The molecule has 0 aliphatic rings. The zero-order valence-electron chi connectivity index (χ0n) is 7.68. The number of aryl methyl sites for hydroxylation is 1. The van der Waals surface area contributed by atoms with Crippen LogP contribution in [0.5, 0.6) is 0 Å². The second-order valence-electron chi connectivity index (χ2n) is 2.81. The third-order valence-electron chi connectivity index (χ3n) is 1.86. The van der Waals surface area contributed by atoms with Gasteiger partial charge in [-0.25, -0.2) is 10.8 Å². The van der Waals surface area contributed by atoms with Crippen LogP contribution in [0.2, 0.25) is 0 Å². The summed E-state index contributed by atoms with van der Waals surface area (Å²) in [5.41, 5.74) is 3.13. The minimum absolute atomic E-state index is 0.531. The molecule has 72 valence electrons. The summed E-state index contributed by atoms with van der Waals surface area (Å²) < 4.78 is 1.87. The molecule has 6 nitrogen and oxygen atoms in total. The van der Waals surface area contributed by atoms with E-state index in [0.29, 0.717) is 5.82 Å². The summed E-state index contributed by atoms with van der Waals surface area (Å²) in [7, 11) is 1.90. The van der Waals surface area contributed by atoms with Gasteiger partial charge in [-0.1, -0.05) is 0 Å². The Morgan fingerprint density at radius 3 is 2.71 bits per heavy atom. The Morgan fingerprint density at radius 2 is 2.21 bits per heavy atom. The lowest BCUT2D eigenvalue weighted by atomic mass is 10.3. The number of nitrogens with one attached hydrogen (secondary N) is 1. The lowest BCUT2D eigenvalue weighted by Gasteiger charge is -2.01. The summed E-state index contributed by atoms with van der Waals surface area (Å²) in [6, 6.07) is 3.56. The summed E-state index contributed by atoms with van der Waals surface area (Å²) >= 11 is 0. The third-order valence-corrected chi connectivity index (χ3v) is 1.86. The van der Waals surface area contributed by atoms with Crippen molar-refractivity contribution in [1.29, 1.82) is 0 Å². The van der Waals surface area contributed by atoms with E-state index in [2.05, 4.69) is 20.6 Å². The van der Waals surface area contributed by atoms with Gasteiger partial charge in [-0.15, -0.1) is 10.2 Å². The molecule has 0 aliphatic carbocycles. The first-order valence-corrected chi connectivity index (χ1v) is 4.09. The van der Waals surface area contributed by atoms with Gasteiger partial charge in [0.1, 0.15) is 5.69 Å². The standard InChI is InChI=1S/C8H10N6/c1-14-5-4-10-8(14)6-2-3-7(11-9)13-12-6/h2-5H,9H2,1H3,(H,11,13). The molecule has 3 N–H and O–H groups in total. The monoisotopic (exact) mass is 190 g/mol. The first-order valence-electron chi connectivity index (χ1n) is 4.09. The van der Waals surface area contributed by atoms with Crippen molar-refractivity contribution >= 4 is 5.82 Å². The second kappa shape index (κ2) is 3.43. The lowest BCUT2D eigenvalue weighted by Crippen LogP contribution is -2.09. The number of hydrazine groups is 1. The Bertz CT molecular complexity index is 418. The van der Waals surface area contributed by atoms with E-state index in [9.17, 15) is 0 Å². The number of nitrogens with zero attached hydrogens (tertiary/aromatic N) is 4. The number of nitrogens with two attached hydrogens (primary N) is 1. The van der Waals surface area contributed by atoms with Gasteiger partial charge in [-0.2, -0.15) is 0 Å². The summed E-state index contributed by atoms with van der Waals surface area (Å²) in [6.07, 6.45) is 3.57. The molecule has 0 spiro atoms. The zero-order chi connectivity index (χ0) is 9.97. The predicted molar refractivity (Wildman–Crippen MR) is 52.0 cm³/mol. The first kappa shape index (κ1) is 8.64. The molecule has 0 amide bonds. The maximum Gasteiger partial charge on any atom is 0.162 e. The molecule has 14 heavy (non-hydrogen) atoms. The van der Waals surface area contributed by atoms with Crippen molar-refractivity contribution in [2.45, 2.75) is 0 Å². The average molecular weight is 190 g/mol. The van der Waals surface area contributed by atoms with Gasteiger partial charge in [0.05, 0.1) is 0 Å². The average Bonchev–Trinajstić information content (AvgIpc) is 2.65. The van der Waals surface area contributed by atoms with E-state index in [1.165, 1.54) is 0 Å². The molecule has 2 rings (SSSR count). The first-order chi connectivity index (χ1) is 6.81. The van der Waals surface area contributed by atoms with E-state index in [-0.39, 0.29) is 0 Å². The molecular formula is C8H10N6. The largest absolute Gasteiger partial charge is 0.333 e. The highest BCUT2D eigenvalue weighted by Crippen LogP contribution is 2.13. The Hall–Kier alpha value is -1.95. The van der Waals surface area contributed by atoms with E-state index >= 15 is 0 Å². The summed E-state index contributed by atoms with van der Waals surface area (Å²) in [5.74, 6) is 6.48. The van der Waals surface area contributed by atoms with Gasteiger partial charge < -0.3 is 9.99 Å². The van der Waals surface area contributed by atoms with Crippen LogP contribution < -0.4 is 11.3 Å². The molecule has 6 heteroatoms. The van der Waals surface area contributed by atoms with E-state index in [1.807, 2.05) is 23.9 Å². The summed E-state index contributed by atoms with van der Waals surface area (Å²) in [5, 5.41) is 7.83. The van der Waals surface area contributed by atoms with Crippen molar-refractivity contribution in [1.82, 2.24) is 19.7 Å². The van der Waals surface area contributed by atoms with Gasteiger partial charge in [0.2, 0.25) is 0 Å². The van der Waals surface area contributed by atoms with Crippen LogP contribution in [0.15, 0.2) is 24.5 Å². The molecule has 0 bridgehead atoms. The number of hydrogen-bond acceptors (Lipinski definition) is 5. The van der Waals surface area contributed by atoms with Crippen molar-refractivity contribution in [2.75, 3.05) is 5.43 Å². The van der Waals surface area contributed by atoms with Crippen LogP contribution in [0.25, 0.3) is 11.5 Å². The fraction of sp³-hybridized carbons (Fsp3) is 0.125. The second-order valence-corrected chi connectivity index (χ2v) is 2.81. The minimum atomic E-state index is 0.531. The van der Waals surface area contributed by atoms with E-state index < -0.39 is 0 Å². The van der Waals surface area contributed by atoms with Gasteiger partial charge in [-0.3, -0.25) is 0 Å². The molecule has 0 saturated heterocycles. The highest BCUT2D eigenvalue weighted by molar-refractivity contribution is 5.50. The Labute approximate surface area is 80.8 Å². The Morgan fingerprint density at radius 1 is 1.36 bits per heavy atom. The van der Waals surface area contributed by atoms with Gasteiger partial charge >= 0.3 is 0 Å². The molecule has 0 aromatic carbocycles. The van der Waals surface area contributed by atoms with E-state index in [1.54, 1.807) is 12.3 Å². The van der Waals surface area contributed by atoms with Gasteiger partial charge in [0.15, 0.2) is 11.6 Å². The van der Waals surface area contributed by atoms with E-state index in [4.69, 9.17) is 5.84 Å². The number of imidazole rings is 1. The SMILES string of the molecule is Cn1ccnc1-c1ccc(NN)nn1. The fourth-order valence-electron chi connectivity index (χ4n) is 1.14. The van der Waals surface area contributed by atoms with Gasteiger partial charge in [0, 0.05) is 19.4 Å². The van der Waals surface area contributed by atoms with Crippen molar-refractivity contribution in [3.63, 3.8) is 0 Å². The number of nitrogen functional groups attached to an aromatic ring is 1. The van der Waals surface area contributed by atoms with Gasteiger partial charge in [-0.05, 0) is 12.1 Å². The smallest absolute Gasteiger partial charge is 0.162 e. The van der Waals surface area contributed by atoms with E-state index in [0.717, 1.165) is 11.5 Å². The highest BCUT2D eigenvalue weighted by atomic mass is 15.3. The summed E-state index contributed by atoms with van der Waals surface area (Å²) in [4.78, 5) is 4.15. The molecule has 0 fully saturated rings. The normalized spacial score (nSPS) is 10.1. The van der Waals surface area contributed by atoms with Crippen molar-refractivity contribution in [3.05, 3.63) is 24.5 Å². The van der Waals surface area contributed by atoms with Crippen LogP contribution in [-0.4, -0.2) is 19.7 Å². The highest BCUT2D eigenvalue weighted by Gasteiger charge is 2.04. The number of anilines is 1. The zero-order valence-corrected chi connectivity index (χ0v) is 7.68. The third kappa shape index (κ3) is 1.42. The molecule has 0 saturated carbocycles. The predicted octanol–water partition coefficient (Wildman–Crippen LogP) is 0.163. The van der Waals surface area contributed by atoms with Crippen LogP contribution in [0, 0.1) is 0 Å². The van der Waals surface area contributed by atoms with Crippen LogP contribution in [0.1, 0.15) is 0 Å². The molecule has 2 heterocycles. The molecular weight excluding hydrogens is 180 g/mol. The Balaban J connectivity index is 2.39. The maximum atomic E-state index is 5.18. The fourth-order valence-corrected chi connectivity index (χ4v) is 1.14. The number of hydrogen-bond donors (Lipinski definition) is 2. The van der Waals surface area contributed by atoms with Crippen molar-refractivity contribution < 1.29 is 0 Å².